The summed E-state index contributed by atoms with van der Waals surface area (Å²) >= 11 is 0. The van der Waals surface area contributed by atoms with Crippen molar-refractivity contribution in [3.8, 4) is 49.4 Å². The van der Waals surface area contributed by atoms with Crippen molar-refractivity contribution in [2.75, 3.05) is 105 Å². The number of piperazine rings is 1. The second kappa shape index (κ2) is 29.8. The topological polar surface area (TPSA) is 118 Å². The zero-order valence-electron chi connectivity index (χ0n) is 29.7. The van der Waals surface area contributed by atoms with Gasteiger partial charge in [0.15, 0.2) is 0 Å². The van der Waals surface area contributed by atoms with E-state index in [0.29, 0.717) is 51.9 Å². The van der Waals surface area contributed by atoms with E-state index in [1.54, 1.807) is 0 Å². The van der Waals surface area contributed by atoms with Gasteiger partial charge in [0.05, 0.1) is 25.7 Å². The Hall–Kier alpha value is -4.04. The van der Waals surface area contributed by atoms with Gasteiger partial charge in [0.25, 0.3) is 0 Å². The molecule has 0 saturated carbocycles. The first kappa shape index (κ1) is 44.0. The van der Waals surface area contributed by atoms with Crippen LogP contribution in [0.4, 0.5) is 0 Å². The molecular weight excluding hydrogens is 640 g/mol. The van der Waals surface area contributed by atoms with Gasteiger partial charge in [-0.2, -0.15) is 0 Å². The molecule has 50 heavy (non-hydrogen) atoms. The van der Waals surface area contributed by atoms with E-state index >= 15 is 0 Å². The Bertz CT molecular complexity index is 995. The minimum absolute atomic E-state index is 0.205. The second-order valence-electron chi connectivity index (χ2n) is 11.8. The number of esters is 4. The molecule has 12 nitrogen and oxygen atoms in total. The monoisotopic (exact) mass is 696 g/mol. The second-order valence-corrected chi connectivity index (χ2v) is 11.8. The largest absolute Gasteiger partial charge is 0.465 e. The highest BCUT2D eigenvalue weighted by atomic mass is 16.5. The molecule has 1 heterocycles. The molecule has 1 aliphatic heterocycles. The van der Waals surface area contributed by atoms with Gasteiger partial charge in [0.1, 0.15) is 26.4 Å². The zero-order chi connectivity index (χ0) is 36.7. The Balaban J connectivity index is 2.47. The summed E-state index contributed by atoms with van der Waals surface area (Å²) in [4.78, 5) is 57.5. The number of carbonyl (C=O) groups excluding carboxylic acids is 4. The predicted octanol–water partition coefficient (Wildman–Crippen LogP) is 1.81. The summed E-state index contributed by atoms with van der Waals surface area (Å²) in [6.07, 6.45) is 25.1. The van der Waals surface area contributed by atoms with Crippen molar-refractivity contribution in [2.45, 2.75) is 64.2 Å². The van der Waals surface area contributed by atoms with Gasteiger partial charge in [0, 0.05) is 78.0 Å². The Morgan fingerprint density at radius 2 is 0.720 bits per heavy atom. The number of ether oxygens (including phenoxy) is 4. The van der Waals surface area contributed by atoms with Crippen LogP contribution in [0.15, 0.2) is 0 Å². The highest BCUT2D eigenvalue weighted by Gasteiger charge is 2.19. The number of nitrogens with zero attached hydrogens (tertiary/aromatic N) is 4. The van der Waals surface area contributed by atoms with Gasteiger partial charge >= 0.3 is 23.9 Å². The first-order valence-electron chi connectivity index (χ1n) is 17.6. The van der Waals surface area contributed by atoms with Gasteiger partial charge in [-0.3, -0.25) is 19.2 Å². The highest BCUT2D eigenvalue weighted by Crippen LogP contribution is 2.07. The average molecular weight is 697 g/mol. The molecule has 1 saturated heterocycles. The summed E-state index contributed by atoms with van der Waals surface area (Å²) in [5.41, 5.74) is 0. The van der Waals surface area contributed by atoms with Crippen molar-refractivity contribution < 1.29 is 38.1 Å². The lowest BCUT2D eigenvalue weighted by Gasteiger charge is -2.35. The summed E-state index contributed by atoms with van der Waals surface area (Å²) in [5.74, 6) is 8.57. The van der Waals surface area contributed by atoms with Crippen molar-refractivity contribution >= 4 is 23.9 Å². The number of terminal acetylenes is 4. The van der Waals surface area contributed by atoms with Crippen LogP contribution in [-0.4, -0.2) is 148 Å². The van der Waals surface area contributed by atoms with Crippen LogP contribution in [0.25, 0.3) is 0 Å². The van der Waals surface area contributed by atoms with E-state index < -0.39 is 0 Å². The van der Waals surface area contributed by atoms with Crippen LogP contribution in [0, 0.1) is 49.4 Å². The Morgan fingerprint density at radius 1 is 0.460 bits per heavy atom. The fourth-order valence-electron chi connectivity index (χ4n) is 5.12. The normalized spacial score (nSPS) is 13.1. The van der Waals surface area contributed by atoms with Crippen LogP contribution >= 0.6 is 0 Å². The van der Waals surface area contributed by atoms with Crippen molar-refractivity contribution in [1.29, 1.82) is 0 Å². The first-order chi connectivity index (χ1) is 24.3. The van der Waals surface area contributed by atoms with E-state index in [1.165, 1.54) is 0 Å². The molecule has 0 bridgehead atoms. The maximum absolute atomic E-state index is 12.1. The lowest BCUT2D eigenvalue weighted by Crippen LogP contribution is -2.47. The summed E-state index contributed by atoms with van der Waals surface area (Å²) < 4.78 is 20.7. The van der Waals surface area contributed by atoms with Crippen LogP contribution in [0.5, 0.6) is 0 Å². The Labute approximate surface area is 299 Å². The van der Waals surface area contributed by atoms with Crippen LogP contribution in [0.1, 0.15) is 64.2 Å². The zero-order valence-corrected chi connectivity index (χ0v) is 29.7. The molecule has 0 aromatic heterocycles. The molecule has 0 unspecified atom stereocenters. The summed E-state index contributed by atoms with van der Waals surface area (Å²) in [6.45, 7) is 9.82. The Kier molecular flexibility index (Phi) is 26.2. The van der Waals surface area contributed by atoms with Crippen LogP contribution < -0.4 is 0 Å². The van der Waals surface area contributed by atoms with Gasteiger partial charge in [-0.05, 0) is 39.0 Å². The van der Waals surface area contributed by atoms with Gasteiger partial charge < -0.3 is 38.5 Å². The number of hydrogen-bond donors (Lipinski definition) is 0. The van der Waals surface area contributed by atoms with Crippen LogP contribution in [-0.2, 0) is 38.1 Å². The molecule has 0 aliphatic carbocycles. The molecule has 0 N–H and O–H groups in total. The Morgan fingerprint density at radius 3 is 0.960 bits per heavy atom. The summed E-state index contributed by atoms with van der Waals surface area (Å²) in [6, 6.07) is 0. The first-order valence-corrected chi connectivity index (χ1v) is 17.6. The minimum atomic E-state index is -0.307. The molecular formula is C38H56N4O8. The molecule has 0 spiro atoms. The maximum atomic E-state index is 12.1. The molecule has 1 fully saturated rings. The van der Waals surface area contributed by atoms with E-state index in [1.807, 2.05) is 0 Å². The number of rotatable bonds is 28. The van der Waals surface area contributed by atoms with Crippen molar-refractivity contribution in [3.05, 3.63) is 0 Å². The van der Waals surface area contributed by atoms with E-state index in [4.69, 9.17) is 44.6 Å². The number of carbonyl (C=O) groups is 4. The molecule has 12 heteroatoms. The third-order valence-electron chi connectivity index (χ3n) is 7.93. The number of hydrogen-bond acceptors (Lipinski definition) is 12. The quantitative estimate of drug-likeness (QED) is 0.0514. The molecule has 0 amide bonds. The molecule has 0 aromatic rings. The molecule has 276 valence electrons. The highest BCUT2D eigenvalue weighted by molar-refractivity contribution is 5.71. The third kappa shape index (κ3) is 24.2. The maximum Gasteiger partial charge on any atom is 0.307 e. The fraction of sp³-hybridized carbons (Fsp3) is 0.684. The van der Waals surface area contributed by atoms with Crippen molar-refractivity contribution in [2.24, 2.45) is 0 Å². The van der Waals surface area contributed by atoms with Crippen molar-refractivity contribution in [1.82, 2.24) is 19.6 Å². The molecule has 1 aliphatic rings. The predicted molar refractivity (Wildman–Crippen MR) is 191 cm³/mol. The molecule has 0 aromatic carbocycles. The average Bonchev–Trinajstić information content (AvgIpc) is 3.11. The standard InChI is InChI=1S/C38H56N4O8/c1-5-9-31-47-35(43)15-23-39(24-16-36(44)48-32-10-6-2)19-13-21-41-27-29-42(30-28-41)22-14-20-40(25-17-37(45)49-33-11-7-3)26-18-38(46)50-34-12-8-4/h1-4H,9-34H2. The van der Waals surface area contributed by atoms with Gasteiger partial charge in [-0.25, -0.2) is 0 Å². The van der Waals surface area contributed by atoms with Gasteiger partial charge in [-0.1, -0.05) is 0 Å². The lowest BCUT2D eigenvalue weighted by molar-refractivity contribution is -0.145. The third-order valence-corrected chi connectivity index (χ3v) is 7.93. The fourth-order valence-corrected chi connectivity index (χ4v) is 5.12. The summed E-state index contributed by atoms with van der Waals surface area (Å²) in [5, 5.41) is 0. The van der Waals surface area contributed by atoms with E-state index in [9.17, 15) is 19.2 Å². The van der Waals surface area contributed by atoms with E-state index in [0.717, 1.165) is 65.2 Å². The van der Waals surface area contributed by atoms with Crippen LogP contribution in [0.2, 0.25) is 0 Å². The van der Waals surface area contributed by atoms with Gasteiger partial charge in [-0.15, -0.1) is 49.4 Å². The van der Waals surface area contributed by atoms with Gasteiger partial charge in [0.2, 0.25) is 0 Å². The minimum Gasteiger partial charge on any atom is -0.465 e. The molecule has 0 atom stereocenters. The van der Waals surface area contributed by atoms with E-state index in [-0.39, 0.29) is 76.0 Å². The summed E-state index contributed by atoms with van der Waals surface area (Å²) in [7, 11) is 0. The molecule has 1 rings (SSSR count). The van der Waals surface area contributed by atoms with Crippen LogP contribution in [0.3, 0.4) is 0 Å². The van der Waals surface area contributed by atoms with Crippen molar-refractivity contribution in [3.63, 3.8) is 0 Å². The van der Waals surface area contributed by atoms with E-state index in [2.05, 4.69) is 43.3 Å². The molecule has 0 radical (unpaired) electrons. The lowest BCUT2D eigenvalue weighted by atomic mass is 10.2. The smallest absolute Gasteiger partial charge is 0.307 e. The SMILES string of the molecule is C#CCCOC(=O)CCN(CCCN1CCN(CCCN(CCC(=O)OCCC#C)CCC(=O)OCCC#C)CC1)CCC(=O)OCCC#C.